The molecule has 2 aliphatic carbocycles. The van der Waals surface area contributed by atoms with E-state index in [4.69, 9.17) is 9.47 Å². The van der Waals surface area contributed by atoms with Gasteiger partial charge in [-0.2, -0.15) is 0 Å². The van der Waals surface area contributed by atoms with E-state index >= 15 is 0 Å². The number of hydrogen-bond donors (Lipinski definition) is 1. The molecule has 0 spiro atoms. The van der Waals surface area contributed by atoms with Gasteiger partial charge in [-0.25, -0.2) is 4.79 Å². The Balaban J connectivity index is 1.31. The maximum absolute atomic E-state index is 12.6. The fourth-order valence-corrected chi connectivity index (χ4v) is 6.14. The highest BCUT2D eigenvalue weighted by molar-refractivity contribution is 5.69. The molecular weight excluding hydrogens is 440 g/mol. The Kier molecular flexibility index (Phi) is 7.09. The van der Waals surface area contributed by atoms with E-state index in [0.717, 1.165) is 50.3 Å². The van der Waals surface area contributed by atoms with Crippen LogP contribution < -0.4 is 10.1 Å². The Morgan fingerprint density at radius 3 is 2.66 bits per heavy atom. The van der Waals surface area contributed by atoms with E-state index in [1.165, 1.54) is 31.9 Å². The van der Waals surface area contributed by atoms with Gasteiger partial charge in [0.2, 0.25) is 0 Å². The first-order valence-electron chi connectivity index (χ1n) is 13.0. The molecule has 0 bridgehead atoms. The summed E-state index contributed by atoms with van der Waals surface area (Å²) < 4.78 is 11.0. The molecule has 0 unspecified atom stereocenters. The maximum Gasteiger partial charge on any atom is 0.407 e. The SMILES string of the molecule is CC(=O)Oc1cccc([C@@]23CCN(CC4CC4)C[C@H]2CC[C@@H](NC(=O)OCc2ccccc2)C3)c1. The van der Waals surface area contributed by atoms with Crippen LogP contribution in [0.25, 0.3) is 0 Å². The molecule has 3 atom stereocenters. The Hall–Kier alpha value is -2.86. The first-order valence-corrected chi connectivity index (χ1v) is 13.0. The zero-order valence-corrected chi connectivity index (χ0v) is 20.6. The molecule has 3 aliphatic rings. The predicted octanol–water partition coefficient (Wildman–Crippen LogP) is 5.06. The number of carbonyl (C=O) groups excluding carboxylic acids is 2. The van der Waals surface area contributed by atoms with Crippen molar-refractivity contribution in [2.75, 3.05) is 19.6 Å². The number of ether oxygens (including phenoxy) is 2. The molecule has 1 N–H and O–H groups in total. The van der Waals surface area contributed by atoms with Crippen molar-refractivity contribution in [1.82, 2.24) is 10.2 Å². The van der Waals surface area contributed by atoms with Crippen molar-refractivity contribution in [2.24, 2.45) is 11.8 Å². The minimum atomic E-state index is -0.354. The van der Waals surface area contributed by atoms with E-state index in [0.29, 0.717) is 11.7 Å². The average Bonchev–Trinajstić information content (AvgIpc) is 3.67. The van der Waals surface area contributed by atoms with E-state index < -0.39 is 0 Å². The van der Waals surface area contributed by atoms with Gasteiger partial charge in [-0.3, -0.25) is 4.79 Å². The van der Waals surface area contributed by atoms with Gasteiger partial charge in [0.15, 0.2) is 0 Å². The first kappa shape index (κ1) is 23.9. The number of hydrogen-bond acceptors (Lipinski definition) is 5. The topological polar surface area (TPSA) is 67.9 Å². The number of nitrogens with zero attached hydrogens (tertiary/aromatic N) is 1. The largest absolute Gasteiger partial charge is 0.445 e. The van der Waals surface area contributed by atoms with Crippen molar-refractivity contribution in [2.45, 2.75) is 63.5 Å². The first-order chi connectivity index (χ1) is 17.0. The van der Waals surface area contributed by atoms with Crippen LogP contribution in [0.4, 0.5) is 4.79 Å². The third-order valence-corrected chi connectivity index (χ3v) is 8.03. The number of esters is 1. The molecule has 0 radical (unpaired) electrons. The summed E-state index contributed by atoms with van der Waals surface area (Å²) in [6.07, 6.45) is 6.31. The minimum absolute atomic E-state index is 0.0498. The summed E-state index contributed by atoms with van der Waals surface area (Å²) in [5.41, 5.74) is 2.15. The zero-order chi connectivity index (χ0) is 24.3. The standard InChI is InChI=1S/C29H36N2O4/c1-21(32)35-27-9-5-8-24(16-27)29-14-15-31(18-22-10-11-22)19-25(29)12-13-26(17-29)30-28(33)34-20-23-6-3-2-4-7-23/h2-9,16,22,25-26H,10-15,17-20H2,1H3,(H,30,33)/t25-,26-,29+/m1/s1. The van der Waals surface area contributed by atoms with Crippen LogP contribution in [-0.4, -0.2) is 42.6 Å². The van der Waals surface area contributed by atoms with Gasteiger partial charge in [0, 0.05) is 31.5 Å². The molecule has 2 aromatic rings. The molecule has 1 aliphatic heterocycles. The summed E-state index contributed by atoms with van der Waals surface area (Å²) in [7, 11) is 0. The zero-order valence-electron chi connectivity index (χ0n) is 20.6. The predicted molar refractivity (Wildman–Crippen MR) is 134 cm³/mol. The lowest BCUT2D eigenvalue weighted by Gasteiger charge is -2.53. The van der Waals surface area contributed by atoms with E-state index in [1.807, 2.05) is 48.5 Å². The van der Waals surface area contributed by atoms with Crippen molar-refractivity contribution in [3.05, 3.63) is 65.7 Å². The van der Waals surface area contributed by atoms with E-state index in [1.54, 1.807) is 0 Å². The maximum atomic E-state index is 12.6. The summed E-state index contributed by atoms with van der Waals surface area (Å²) in [6, 6.07) is 17.9. The number of likely N-dealkylation sites (tertiary alicyclic amines) is 1. The molecule has 2 saturated carbocycles. The Morgan fingerprint density at radius 2 is 1.89 bits per heavy atom. The molecule has 6 nitrogen and oxygen atoms in total. The van der Waals surface area contributed by atoms with Gasteiger partial charge in [-0.15, -0.1) is 0 Å². The second kappa shape index (κ2) is 10.4. The molecule has 0 aromatic heterocycles. The molecule has 3 fully saturated rings. The number of fused-ring (bicyclic) bond motifs is 1. The van der Waals surface area contributed by atoms with Crippen LogP contribution in [0.3, 0.4) is 0 Å². The molecule has 1 amide bonds. The Labute approximate surface area is 208 Å². The smallest absolute Gasteiger partial charge is 0.407 e. The van der Waals surface area contributed by atoms with E-state index in [9.17, 15) is 9.59 Å². The molecule has 2 aromatic carbocycles. The third-order valence-electron chi connectivity index (χ3n) is 8.03. The van der Waals surface area contributed by atoms with Crippen molar-refractivity contribution in [3.63, 3.8) is 0 Å². The van der Waals surface area contributed by atoms with Gasteiger partial charge < -0.3 is 19.7 Å². The summed E-state index contributed by atoms with van der Waals surface area (Å²) in [5.74, 6) is 1.69. The van der Waals surface area contributed by atoms with Crippen LogP contribution >= 0.6 is 0 Å². The fourth-order valence-electron chi connectivity index (χ4n) is 6.14. The Bertz CT molecular complexity index is 1040. The second-order valence-corrected chi connectivity index (χ2v) is 10.6. The summed E-state index contributed by atoms with van der Waals surface area (Å²) in [4.78, 5) is 26.9. The second-order valence-electron chi connectivity index (χ2n) is 10.6. The number of carbonyl (C=O) groups is 2. The van der Waals surface area contributed by atoms with Gasteiger partial charge in [0.25, 0.3) is 0 Å². The highest BCUT2D eigenvalue weighted by Crippen LogP contribution is 2.50. The number of amides is 1. The summed E-state index contributed by atoms with van der Waals surface area (Å²) in [6.45, 7) is 5.09. The lowest BCUT2D eigenvalue weighted by atomic mass is 9.58. The number of piperidine rings is 1. The molecule has 1 saturated heterocycles. The van der Waals surface area contributed by atoms with Crippen LogP contribution in [0.2, 0.25) is 0 Å². The average molecular weight is 477 g/mol. The van der Waals surface area contributed by atoms with E-state index in [-0.39, 0.29) is 30.1 Å². The van der Waals surface area contributed by atoms with Crippen LogP contribution in [0, 0.1) is 11.8 Å². The summed E-state index contributed by atoms with van der Waals surface area (Å²) >= 11 is 0. The van der Waals surface area contributed by atoms with Gasteiger partial charge in [-0.1, -0.05) is 42.5 Å². The minimum Gasteiger partial charge on any atom is -0.445 e. The summed E-state index contributed by atoms with van der Waals surface area (Å²) in [5, 5.41) is 3.16. The quantitative estimate of drug-likeness (QED) is 0.447. The molecule has 6 heteroatoms. The van der Waals surface area contributed by atoms with Gasteiger partial charge in [0.1, 0.15) is 12.4 Å². The van der Waals surface area contributed by atoms with Crippen molar-refractivity contribution < 1.29 is 19.1 Å². The number of rotatable bonds is 7. The molecule has 35 heavy (non-hydrogen) atoms. The lowest BCUT2D eigenvalue weighted by Crippen LogP contribution is -2.56. The lowest BCUT2D eigenvalue weighted by molar-refractivity contribution is -0.131. The highest BCUT2D eigenvalue weighted by atomic mass is 16.5. The number of benzene rings is 2. The number of alkyl carbamates (subject to hydrolysis) is 1. The van der Waals surface area contributed by atoms with Crippen LogP contribution in [-0.2, 0) is 21.6 Å². The van der Waals surface area contributed by atoms with Crippen LogP contribution in [0.15, 0.2) is 54.6 Å². The number of nitrogens with one attached hydrogen (secondary N) is 1. The molecule has 5 rings (SSSR count). The molecule has 186 valence electrons. The fraction of sp³-hybridized carbons (Fsp3) is 0.517. The molecular formula is C29H36N2O4. The highest BCUT2D eigenvalue weighted by Gasteiger charge is 2.49. The van der Waals surface area contributed by atoms with Crippen LogP contribution in [0.5, 0.6) is 5.75 Å². The molecule has 1 heterocycles. The van der Waals surface area contributed by atoms with Crippen molar-refractivity contribution in [3.8, 4) is 5.75 Å². The van der Waals surface area contributed by atoms with Gasteiger partial charge in [-0.05, 0) is 80.2 Å². The normalized spacial score (nSPS) is 26.4. The van der Waals surface area contributed by atoms with Gasteiger partial charge >= 0.3 is 12.1 Å². The monoisotopic (exact) mass is 476 g/mol. The Morgan fingerprint density at radius 1 is 1.06 bits per heavy atom. The third kappa shape index (κ3) is 5.87. The van der Waals surface area contributed by atoms with E-state index in [2.05, 4.69) is 16.3 Å². The van der Waals surface area contributed by atoms with Gasteiger partial charge in [0.05, 0.1) is 0 Å². The van der Waals surface area contributed by atoms with Crippen molar-refractivity contribution in [1.29, 1.82) is 0 Å². The van der Waals surface area contributed by atoms with Crippen LogP contribution in [0.1, 0.15) is 56.6 Å². The van der Waals surface area contributed by atoms with Crippen molar-refractivity contribution >= 4 is 12.1 Å².